The van der Waals surface area contributed by atoms with Crippen LogP contribution in [0.5, 0.6) is 5.75 Å². The second kappa shape index (κ2) is 6.58. The molecular weight excluding hydrogens is 280 g/mol. The zero-order valence-corrected chi connectivity index (χ0v) is 14.0. The van der Waals surface area contributed by atoms with Gasteiger partial charge in [0.15, 0.2) is 0 Å². The molecule has 0 unspecified atom stereocenters. The summed E-state index contributed by atoms with van der Waals surface area (Å²) >= 11 is 1.71. The molecule has 4 heteroatoms. The largest absolute Gasteiger partial charge is 0.508 e. The van der Waals surface area contributed by atoms with E-state index in [0.29, 0.717) is 0 Å². The van der Waals surface area contributed by atoms with Gasteiger partial charge in [-0.2, -0.15) is 0 Å². The van der Waals surface area contributed by atoms with Gasteiger partial charge in [0.2, 0.25) is 0 Å². The average Bonchev–Trinajstić information content (AvgIpc) is 2.83. The highest BCUT2D eigenvalue weighted by Crippen LogP contribution is 2.35. The van der Waals surface area contributed by atoms with Crippen molar-refractivity contribution in [2.24, 2.45) is 0 Å². The van der Waals surface area contributed by atoms with Crippen LogP contribution >= 0.6 is 11.3 Å². The lowest BCUT2D eigenvalue weighted by Crippen LogP contribution is -2.19. The molecule has 0 fully saturated rings. The summed E-state index contributed by atoms with van der Waals surface area (Å²) in [6, 6.07) is 7.31. The van der Waals surface area contributed by atoms with Crippen LogP contribution < -0.4 is 5.32 Å². The van der Waals surface area contributed by atoms with Crippen LogP contribution in [0.4, 0.5) is 0 Å². The first-order valence-corrected chi connectivity index (χ1v) is 8.23. The third-order valence-corrected chi connectivity index (χ3v) is 4.32. The SMILES string of the molecule is CCCNCc1sc(-c2cccc(O)c2)nc1C(C)(C)C. The monoisotopic (exact) mass is 304 g/mol. The minimum absolute atomic E-state index is 0.0226. The Morgan fingerprint density at radius 1 is 1.29 bits per heavy atom. The fourth-order valence-electron chi connectivity index (χ4n) is 2.20. The minimum atomic E-state index is 0.0226. The van der Waals surface area contributed by atoms with Crippen LogP contribution in [0.15, 0.2) is 24.3 Å². The second-order valence-electron chi connectivity index (χ2n) is 6.27. The molecule has 114 valence electrons. The van der Waals surface area contributed by atoms with E-state index in [0.717, 1.165) is 35.8 Å². The molecular formula is C17H24N2OS. The fraction of sp³-hybridized carbons (Fsp3) is 0.471. The predicted octanol–water partition coefficient (Wildman–Crippen LogP) is 4.31. The van der Waals surface area contributed by atoms with Gasteiger partial charge in [-0.15, -0.1) is 11.3 Å². The highest BCUT2D eigenvalue weighted by Gasteiger charge is 2.23. The number of aromatic nitrogens is 1. The molecule has 1 aromatic heterocycles. The van der Waals surface area contributed by atoms with Gasteiger partial charge in [0.1, 0.15) is 10.8 Å². The average molecular weight is 304 g/mol. The van der Waals surface area contributed by atoms with Crippen molar-refractivity contribution in [2.75, 3.05) is 6.54 Å². The Labute approximate surface area is 131 Å². The van der Waals surface area contributed by atoms with Crippen molar-refractivity contribution in [1.82, 2.24) is 10.3 Å². The lowest BCUT2D eigenvalue weighted by Gasteiger charge is -2.17. The highest BCUT2D eigenvalue weighted by molar-refractivity contribution is 7.15. The second-order valence-corrected chi connectivity index (χ2v) is 7.35. The van der Waals surface area contributed by atoms with Crippen molar-refractivity contribution in [3.8, 4) is 16.3 Å². The number of nitrogens with one attached hydrogen (secondary N) is 1. The Morgan fingerprint density at radius 2 is 2.05 bits per heavy atom. The van der Waals surface area contributed by atoms with Crippen molar-refractivity contribution in [3.63, 3.8) is 0 Å². The van der Waals surface area contributed by atoms with Crippen molar-refractivity contribution >= 4 is 11.3 Å². The summed E-state index contributed by atoms with van der Waals surface area (Å²) in [6.07, 6.45) is 1.13. The van der Waals surface area contributed by atoms with Crippen LogP contribution in [0.25, 0.3) is 10.6 Å². The zero-order valence-electron chi connectivity index (χ0n) is 13.2. The van der Waals surface area contributed by atoms with E-state index >= 15 is 0 Å². The predicted molar refractivity (Wildman–Crippen MR) is 89.9 cm³/mol. The molecule has 0 spiro atoms. The van der Waals surface area contributed by atoms with E-state index in [1.165, 1.54) is 4.88 Å². The molecule has 0 aliphatic carbocycles. The molecule has 2 N–H and O–H groups in total. The summed E-state index contributed by atoms with van der Waals surface area (Å²) in [4.78, 5) is 6.13. The number of phenolic OH excluding ortho intramolecular Hbond substituents is 1. The van der Waals surface area contributed by atoms with E-state index in [1.807, 2.05) is 12.1 Å². The Bertz CT molecular complexity index is 599. The number of hydrogen-bond donors (Lipinski definition) is 2. The van der Waals surface area contributed by atoms with Crippen molar-refractivity contribution in [1.29, 1.82) is 0 Å². The molecule has 0 atom stereocenters. The number of hydrogen-bond acceptors (Lipinski definition) is 4. The van der Waals surface area contributed by atoms with Crippen molar-refractivity contribution in [2.45, 2.75) is 46.1 Å². The van der Waals surface area contributed by atoms with E-state index in [4.69, 9.17) is 4.98 Å². The summed E-state index contributed by atoms with van der Waals surface area (Å²) in [6.45, 7) is 10.6. The van der Waals surface area contributed by atoms with Crippen LogP contribution in [0.2, 0.25) is 0 Å². The molecule has 0 bridgehead atoms. The molecule has 1 heterocycles. The maximum atomic E-state index is 9.65. The topological polar surface area (TPSA) is 45.1 Å². The standard InChI is InChI=1S/C17H24N2OS/c1-5-9-18-11-14-15(17(2,3)4)19-16(21-14)12-7-6-8-13(20)10-12/h6-8,10,18,20H,5,9,11H2,1-4H3. The Hall–Kier alpha value is -1.39. The number of aromatic hydroxyl groups is 1. The van der Waals surface area contributed by atoms with Crippen LogP contribution in [0.1, 0.15) is 44.7 Å². The maximum absolute atomic E-state index is 9.65. The Balaban J connectivity index is 2.36. The lowest BCUT2D eigenvalue weighted by atomic mass is 9.91. The van der Waals surface area contributed by atoms with E-state index < -0.39 is 0 Å². The third kappa shape index (κ3) is 4.05. The van der Waals surface area contributed by atoms with Crippen LogP contribution in [-0.4, -0.2) is 16.6 Å². The molecule has 1 aromatic carbocycles. The molecule has 2 aromatic rings. The first-order valence-electron chi connectivity index (χ1n) is 7.42. The summed E-state index contributed by atoms with van der Waals surface area (Å²) in [5.41, 5.74) is 2.15. The summed E-state index contributed by atoms with van der Waals surface area (Å²) in [5, 5.41) is 14.1. The molecule has 2 rings (SSSR count). The van der Waals surface area contributed by atoms with Gasteiger partial charge in [-0.25, -0.2) is 4.98 Å². The number of benzene rings is 1. The third-order valence-electron chi connectivity index (χ3n) is 3.21. The Kier molecular flexibility index (Phi) is 5.01. The first kappa shape index (κ1) is 16.0. The normalized spacial score (nSPS) is 11.8. The van der Waals surface area contributed by atoms with Crippen molar-refractivity contribution in [3.05, 3.63) is 34.8 Å². The molecule has 0 radical (unpaired) electrons. The Morgan fingerprint density at radius 3 is 2.67 bits per heavy atom. The molecule has 0 saturated carbocycles. The van der Waals surface area contributed by atoms with Gasteiger partial charge in [0.05, 0.1) is 5.69 Å². The van der Waals surface area contributed by atoms with E-state index in [2.05, 4.69) is 33.0 Å². The first-order chi connectivity index (χ1) is 9.91. The highest BCUT2D eigenvalue weighted by atomic mass is 32.1. The number of nitrogens with zero attached hydrogens (tertiary/aromatic N) is 1. The quantitative estimate of drug-likeness (QED) is 0.809. The van der Waals surface area contributed by atoms with Crippen LogP contribution in [0, 0.1) is 0 Å². The van der Waals surface area contributed by atoms with Crippen LogP contribution in [-0.2, 0) is 12.0 Å². The summed E-state index contributed by atoms with van der Waals surface area (Å²) < 4.78 is 0. The van der Waals surface area contributed by atoms with Gasteiger partial charge in [-0.1, -0.05) is 39.8 Å². The van der Waals surface area contributed by atoms with E-state index in [-0.39, 0.29) is 11.2 Å². The summed E-state index contributed by atoms with van der Waals surface area (Å²) in [5.74, 6) is 0.283. The molecule has 0 aliphatic rings. The minimum Gasteiger partial charge on any atom is -0.508 e. The molecule has 0 amide bonds. The molecule has 21 heavy (non-hydrogen) atoms. The zero-order chi connectivity index (χ0) is 15.5. The summed E-state index contributed by atoms with van der Waals surface area (Å²) in [7, 11) is 0. The van der Waals surface area contributed by atoms with Gasteiger partial charge >= 0.3 is 0 Å². The molecule has 3 nitrogen and oxygen atoms in total. The molecule has 0 saturated heterocycles. The van der Waals surface area contributed by atoms with E-state index in [9.17, 15) is 5.11 Å². The van der Waals surface area contributed by atoms with Crippen molar-refractivity contribution < 1.29 is 5.11 Å². The van der Waals surface area contributed by atoms with Gasteiger partial charge in [-0.3, -0.25) is 0 Å². The van der Waals surface area contributed by atoms with Gasteiger partial charge in [-0.05, 0) is 25.1 Å². The maximum Gasteiger partial charge on any atom is 0.124 e. The van der Waals surface area contributed by atoms with E-state index in [1.54, 1.807) is 23.5 Å². The number of rotatable bonds is 5. The lowest BCUT2D eigenvalue weighted by molar-refractivity contribution is 0.475. The number of thiazole rings is 1. The molecule has 0 aliphatic heterocycles. The van der Waals surface area contributed by atoms with Gasteiger partial charge < -0.3 is 10.4 Å². The fourth-order valence-corrected chi connectivity index (χ4v) is 3.44. The van der Waals surface area contributed by atoms with Crippen LogP contribution in [0.3, 0.4) is 0 Å². The smallest absolute Gasteiger partial charge is 0.124 e. The number of phenols is 1. The van der Waals surface area contributed by atoms with Gasteiger partial charge in [0.25, 0.3) is 0 Å². The van der Waals surface area contributed by atoms with Gasteiger partial charge in [0, 0.05) is 22.4 Å².